The van der Waals surface area contributed by atoms with Crippen molar-refractivity contribution in [3.63, 3.8) is 0 Å². The largest absolute Gasteiger partial charge is 0.370 e. The first-order valence-electron chi connectivity index (χ1n) is 4.50. The third-order valence-electron chi connectivity index (χ3n) is 1.93. The van der Waals surface area contributed by atoms with Gasteiger partial charge in [-0.1, -0.05) is 0 Å². The maximum absolute atomic E-state index is 10.8. The lowest BCUT2D eigenvalue weighted by molar-refractivity contribution is -0.104. The molecule has 0 spiro atoms. The second-order valence-electron chi connectivity index (χ2n) is 2.90. The second-order valence-corrected chi connectivity index (χ2v) is 3.81. The van der Waals surface area contributed by atoms with E-state index in [0.29, 0.717) is 11.4 Å². The van der Waals surface area contributed by atoms with Crippen molar-refractivity contribution in [3.05, 3.63) is 11.3 Å². The van der Waals surface area contributed by atoms with E-state index in [1.165, 1.54) is 0 Å². The molecule has 1 atom stereocenters. The Hall–Kier alpha value is -0.970. The third kappa shape index (κ3) is 2.29. The highest BCUT2D eigenvalue weighted by Gasteiger charge is 2.18. The van der Waals surface area contributed by atoms with Gasteiger partial charge in [-0.25, -0.2) is 4.99 Å². The van der Waals surface area contributed by atoms with Crippen LogP contribution >= 0.6 is 11.8 Å². The van der Waals surface area contributed by atoms with E-state index in [4.69, 9.17) is 0 Å². The van der Waals surface area contributed by atoms with Crippen molar-refractivity contribution in [3.8, 4) is 0 Å². The fraction of sp³-hybridized carbons (Fsp3) is 0.556. The lowest BCUT2D eigenvalue weighted by Crippen LogP contribution is -2.37. The summed E-state index contributed by atoms with van der Waals surface area (Å²) in [6.07, 6.45) is 2.81. The molecule has 1 aliphatic heterocycles. The first kappa shape index (κ1) is 11.1. The molecule has 0 bridgehead atoms. The van der Waals surface area contributed by atoms with Gasteiger partial charge in [0.15, 0.2) is 11.8 Å². The van der Waals surface area contributed by atoms with Crippen LogP contribution in [0.3, 0.4) is 0 Å². The van der Waals surface area contributed by atoms with Crippen LogP contribution in [0.2, 0.25) is 0 Å². The molecule has 0 aliphatic carbocycles. The molecule has 0 fully saturated rings. The highest BCUT2D eigenvalue weighted by Crippen LogP contribution is 2.15. The molecule has 0 saturated carbocycles. The van der Waals surface area contributed by atoms with Gasteiger partial charge >= 0.3 is 0 Å². The number of carbonyl (C=O) groups is 1. The van der Waals surface area contributed by atoms with Crippen molar-refractivity contribution >= 4 is 23.9 Å². The number of aliphatic imine (C=N–C) groups is 1. The summed E-state index contributed by atoms with van der Waals surface area (Å²) < 4.78 is 0. The Morgan fingerprint density at radius 3 is 2.93 bits per heavy atom. The van der Waals surface area contributed by atoms with E-state index >= 15 is 0 Å². The number of hydrogen-bond acceptors (Lipinski definition) is 5. The fourth-order valence-corrected chi connectivity index (χ4v) is 1.73. The Morgan fingerprint density at radius 2 is 2.43 bits per heavy atom. The molecule has 78 valence electrons. The molecule has 1 heterocycles. The lowest BCUT2D eigenvalue weighted by atomic mass is 10.2. The van der Waals surface area contributed by atoms with E-state index in [2.05, 4.69) is 15.6 Å². The molecule has 0 amide bonds. The standard InChI is InChI=1S/C9H15N3OS/c1-4-10-8-7(5-13)6(2)11-9(12-8)14-3/h5,9,11H,4H2,1-3H3,(H,10,12). The summed E-state index contributed by atoms with van der Waals surface area (Å²) in [6, 6.07) is 0. The van der Waals surface area contributed by atoms with Gasteiger partial charge in [0.2, 0.25) is 0 Å². The van der Waals surface area contributed by atoms with Gasteiger partial charge in [-0.3, -0.25) is 4.79 Å². The van der Waals surface area contributed by atoms with Crippen LogP contribution in [-0.4, -0.2) is 30.4 Å². The monoisotopic (exact) mass is 213 g/mol. The van der Waals surface area contributed by atoms with Gasteiger partial charge in [0, 0.05) is 12.2 Å². The maximum Gasteiger partial charge on any atom is 0.168 e. The number of thioether (sulfide) groups is 1. The van der Waals surface area contributed by atoms with Crippen LogP contribution in [0.1, 0.15) is 13.8 Å². The first-order valence-corrected chi connectivity index (χ1v) is 5.79. The summed E-state index contributed by atoms with van der Waals surface area (Å²) >= 11 is 1.60. The number of allylic oxidation sites excluding steroid dienone is 1. The summed E-state index contributed by atoms with van der Waals surface area (Å²) in [7, 11) is 0. The van der Waals surface area contributed by atoms with Crippen LogP contribution in [0.4, 0.5) is 0 Å². The zero-order chi connectivity index (χ0) is 10.6. The SMILES string of the molecule is CCNC1=NC(SC)NC(C)=C1C=O. The molecule has 1 rings (SSSR count). The van der Waals surface area contributed by atoms with Gasteiger partial charge in [-0.2, -0.15) is 0 Å². The Morgan fingerprint density at radius 1 is 1.71 bits per heavy atom. The smallest absolute Gasteiger partial charge is 0.168 e. The summed E-state index contributed by atoms with van der Waals surface area (Å²) in [5.41, 5.74) is 1.51. The average molecular weight is 213 g/mol. The van der Waals surface area contributed by atoms with Crippen molar-refractivity contribution in [1.82, 2.24) is 10.6 Å². The molecular formula is C9H15N3OS. The third-order valence-corrected chi connectivity index (χ3v) is 2.60. The Bertz CT molecular complexity index is 286. The first-order chi connectivity index (χ1) is 6.72. The predicted molar refractivity (Wildman–Crippen MR) is 60.3 cm³/mol. The minimum Gasteiger partial charge on any atom is -0.370 e. The Kier molecular flexibility index (Phi) is 4.00. The molecule has 2 N–H and O–H groups in total. The van der Waals surface area contributed by atoms with Crippen molar-refractivity contribution in [2.24, 2.45) is 4.99 Å². The normalized spacial score (nSPS) is 21.4. The number of amidine groups is 1. The van der Waals surface area contributed by atoms with Crippen molar-refractivity contribution in [2.45, 2.75) is 19.3 Å². The van der Waals surface area contributed by atoms with Gasteiger partial charge in [0.05, 0.1) is 5.57 Å². The highest BCUT2D eigenvalue weighted by molar-refractivity contribution is 7.99. The van der Waals surface area contributed by atoms with Crippen LogP contribution in [0.15, 0.2) is 16.3 Å². The molecule has 1 unspecified atom stereocenters. The number of hydrogen-bond donors (Lipinski definition) is 2. The minimum absolute atomic E-state index is 0.00718. The topological polar surface area (TPSA) is 53.5 Å². The quantitative estimate of drug-likeness (QED) is 0.678. The molecule has 5 heteroatoms. The number of likely N-dealkylation sites (N-methyl/N-ethyl adjacent to an activating group) is 1. The number of nitrogens with one attached hydrogen (secondary N) is 2. The fourth-order valence-electron chi connectivity index (χ4n) is 1.22. The van der Waals surface area contributed by atoms with E-state index in [0.717, 1.165) is 18.5 Å². The number of rotatable bonds is 3. The molecule has 1 aliphatic rings. The number of nitrogens with zero attached hydrogens (tertiary/aromatic N) is 1. The van der Waals surface area contributed by atoms with Crippen molar-refractivity contribution in [1.29, 1.82) is 0 Å². The Labute approximate surface area is 88.2 Å². The van der Waals surface area contributed by atoms with Crippen molar-refractivity contribution in [2.75, 3.05) is 12.8 Å². The number of carbonyl (C=O) groups excluding carboxylic acids is 1. The molecule has 0 saturated heterocycles. The molecule has 4 nitrogen and oxygen atoms in total. The second kappa shape index (κ2) is 5.05. The van der Waals surface area contributed by atoms with Gasteiger partial charge in [0.1, 0.15) is 5.84 Å². The van der Waals surface area contributed by atoms with Gasteiger partial charge in [0.25, 0.3) is 0 Å². The summed E-state index contributed by atoms with van der Waals surface area (Å²) in [6.45, 7) is 4.64. The Balaban J connectivity index is 2.92. The van der Waals surface area contributed by atoms with E-state index in [9.17, 15) is 4.79 Å². The van der Waals surface area contributed by atoms with Crippen LogP contribution < -0.4 is 10.6 Å². The van der Waals surface area contributed by atoms with Gasteiger partial charge < -0.3 is 10.6 Å². The summed E-state index contributed by atoms with van der Waals surface area (Å²) in [4.78, 5) is 15.2. The maximum atomic E-state index is 10.8. The van der Waals surface area contributed by atoms with Crippen LogP contribution in [-0.2, 0) is 4.79 Å². The van der Waals surface area contributed by atoms with E-state index in [1.807, 2.05) is 20.1 Å². The molecule has 0 aromatic carbocycles. The number of aldehydes is 1. The average Bonchev–Trinajstić information content (AvgIpc) is 2.18. The van der Waals surface area contributed by atoms with E-state index in [1.54, 1.807) is 11.8 Å². The molecule has 0 radical (unpaired) electrons. The molecule has 14 heavy (non-hydrogen) atoms. The van der Waals surface area contributed by atoms with E-state index < -0.39 is 0 Å². The molecule has 0 aromatic heterocycles. The van der Waals surface area contributed by atoms with Crippen molar-refractivity contribution < 1.29 is 4.79 Å². The lowest BCUT2D eigenvalue weighted by Gasteiger charge is -2.23. The van der Waals surface area contributed by atoms with E-state index in [-0.39, 0.29) is 5.50 Å². The minimum atomic E-state index is 0.00718. The van der Waals surface area contributed by atoms with Crippen LogP contribution in [0, 0.1) is 0 Å². The zero-order valence-corrected chi connectivity index (χ0v) is 9.44. The highest BCUT2D eigenvalue weighted by atomic mass is 32.2. The van der Waals surface area contributed by atoms with Crippen LogP contribution in [0.5, 0.6) is 0 Å². The molecular weight excluding hydrogens is 198 g/mol. The van der Waals surface area contributed by atoms with Gasteiger partial charge in [-0.15, -0.1) is 11.8 Å². The molecule has 0 aromatic rings. The zero-order valence-electron chi connectivity index (χ0n) is 8.63. The van der Waals surface area contributed by atoms with Crippen LogP contribution in [0.25, 0.3) is 0 Å². The van der Waals surface area contributed by atoms with Gasteiger partial charge in [-0.05, 0) is 20.1 Å². The predicted octanol–water partition coefficient (Wildman–Crippen LogP) is 0.717. The summed E-state index contributed by atoms with van der Waals surface area (Å²) in [5, 5.41) is 6.23. The summed E-state index contributed by atoms with van der Waals surface area (Å²) in [5.74, 6) is 0.693.